The van der Waals surface area contributed by atoms with Crippen molar-refractivity contribution in [1.82, 2.24) is 9.97 Å². The molecule has 0 fully saturated rings. The van der Waals surface area contributed by atoms with Gasteiger partial charge in [0.2, 0.25) is 5.91 Å². The number of nitrogens with one attached hydrogen (secondary N) is 2. The second-order valence-electron chi connectivity index (χ2n) is 4.59. The summed E-state index contributed by atoms with van der Waals surface area (Å²) in [6.07, 6.45) is 2.91. The van der Waals surface area contributed by atoms with Gasteiger partial charge < -0.3 is 15.4 Å². The molecule has 114 valence electrons. The first-order valence-electron chi connectivity index (χ1n) is 6.55. The number of aromatic nitrogens is 2. The molecule has 22 heavy (non-hydrogen) atoms. The first-order valence-corrected chi connectivity index (χ1v) is 6.55. The fourth-order valence-corrected chi connectivity index (χ4v) is 1.78. The van der Waals surface area contributed by atoms with Crippen LogP contribution in [0.1, 0.15) is 23.1 Å². The predicted octanol–water partition coefficient (Wildman–Crippen LogP) is 2.00. The minimum Gasteiger partial charge on any atom is -0.495 e. The van der Waals surface area contributed by atoms with Crippen LogP contribution in [0.3, 0.4) is 0 Å². The number of ether oxygens (including phenoxy) is 1. The van der Waals surface area contributed by atoms with Gasteiger partial charge in [0.15, 0.2) is 0 Å². The van der Waals surface area contributed by atoms with Gasteiger partial charge in [0.1, 0.15) is 11.4 Å². The molecule has 0 saturated heterocycles. The van der Waals surface area contributed by atoms with Crippen molar-refractivity contribution in [3.05, 3.63) is 42.0 Å². The van der Waals surface area contributed by atoms with E-state index in [-0.39, 0.29) is 11.6 Å². The quantitative estimate of drug-likeness (QED) is 0.901. The van der Waals surface area contributed by atoms with Crippen molar-refractivity contribution in [2.45, 2.75) is 13.8 Å². The molecule has 0 bridgehead atoms. The van der Waals surface area contributed by atoms with E-state index in [1.807, 2.05) is 0 Å². The van der Waals surface area contributed by atoms with Crippen molar-refractivity contribution < 1.29 is 14.3 Å². The van der Waals surface area contributed by atoms with Gasteiger partial charge in [-0.25, -0.2) is 4.98 Å². The summed E-state index contributed by atoms with van der Waals surface area (Å²) in [5.41, 5.74) is 1.90. The van der Waals surface area contributed by atoms with Crippen molar-refractivity contribution in [3.8, 4) is 5.75 Å². The van der Waals surface area contributed by atoms with E-state index in [9.17, 15) is 9.59 Å². The number of methoxy groups -OCH3 is 1. The maximum absolute atomic E-state index is 12.2. The lowest BCUT2D eigenvalue weighted by atomic mass is 10.2. The molecule has 0 spiro atoms. The highest BCUT2D eigenvalue weighted by atomic mass is 16.5. The Kier molecular flexibility index (Phi) is 4.67. The molecular weight excluding hydrogens is 284 g/mol. The van der Waals surface area contributed by atoms with Crippen molar-refractivity contribution in [3.63, 3.8) is 0 Å². The number of carbonyl (C=O) groups excluding carboxylic acids is 2. The summed E-state index contributed by atoms with van der Waals surface area (Å²) < 4.78 is 5.20. The molecule has 0 radical (unpaired) electrons. The molecule has 0 unspecified atom stereocenters. The van der Waals surface area contributed by atoms with Crippen LogP contribution in [0.25, 0.3) is 0 Å². The third-order valence-corrected chi connectivity index (χ3v) is 2.78. The lowest BCUT2D eigenvalue weighted by Crippen LogP contribution is -2.15. The number of carbonyl (C=O) groups is 2. The molecule has 2 aromatic rings. The maximum Gasteiger partial charge on any atom is 0.275 e. The second-order valence-corrected chi connectivity index (χ2v) is 4.59. The predicted molar refractivity (Wildman–Crippen MR) is 82.0 cm³/mol. The first kappa shape index (κ1) is 15.4. The number of anilines is 2. The number of nitrogens with zero attached hydrogens (tertiary/aromatic N) is 2. The highest BCUT2D eigenvalue weighted by molar-refractivity contribution is 6.04. The molecule has 0 aliphatic heterocycles. The fraction of sp³-hybridized carbons (Fsp3) is 0.200. The zero-order valence-corrected chi connectivity index (χ0v) is 12.5. The average Bonchev–Trinajstić information content (AvgIpc) is 2.47. The Balaban J connectivity index is 2.24. The van der Waals surface area contributed by atoms with E-state index in [4.69, 9.17) is 4.74 Å². The highest BCUT2D eigenvalue weighted by Gasteiger charge is 2.12. The summed E-state index contributed by atoms with van der Waals surface area (Å²) in [6, 6.07) is 4.95. The molecule has 2 amide bonds. The van der Waals surface area contributed by atoms with Crippen molar-refractivity contribution >= 4 is 23.2 Å². The van der Waals surface area contributed by atoms with Gasteiger partial charge in [-0.05, 0) is 25.1 Å². The number of rotatable bonds is 4. The van der Waals surface area contributed by atoms with Gasteiger partial charge in [-0.1, -0.05) is 0 Å². The Bertz CT molecular complexity index is 698. The Morgan fingerprint density at radius 1 is 1.14 bits per heavy atom. The number of hydrogen-bond acceptors (Lipinski definition) is 5. The van der Waals surface area contributed by atoms with Crippen LogP contribution >= 0.6 is 0 Å². The Morgan fingerprint density at radius 3 is 2.50 bits per heavy atom. The standard InChI is InChI=1S/C15H16N4O3/c1-9-7-17-13(8-16-9)15(21)19-12-6-11(18-10(2)20)4-5-14(12)22-3/h4-8H,1-3H3,(H,18,20)(H,19,21). The van der Waals surface area contributed by atoms with Crippen LogP contribution in [0.5, 0.6) is 5.75 Å². The van der Waals surface area contributed by atoms with Crippen molar-refractivity contribution in [1.29, 1.82) is 0 Å². The van der Waals surface area contributed by atoms with Gasteiger partial charge >= 0.3 is 0 Å². The van der Waals surface area contributed by atoms with Gasteiger partial charge in [0.05, 0.1) is 24.7 Å². The molecule has 2 N–H and O–H groups in total. The Hall–Kier alpha value is -2.96. The molecule has 0 aliphatic rings. The van der Waals surface area contributed by atoms with Gasteiger partial charge in [0.25, 0.3) is 5.91 Å². The molecular formula is C15H16N4O3. The van der Waals surface area contributed by atoms with Crippen molar-refractivity contribution in [2.75, 3.05) is 17.7 Å². The van der Waals surface area contributed by atoms with E-state index in [0.29, 0.717) is 17.1 Å². The summed E-state index contributed by atoms with van der Waals surface area (Å²) >= 11 is 0. The number of hydrogen-bond donors (Lipinski definition) is 2. The Labute approximate surface area is 127 Å². The lowest BCUT2D eigenvalue weighted by molar-refractivity contribution is -0.114. The van der Waals surface area contributed by atoms with Crippen LogP contribution in [0, 0.1) is 6.92 Å². The summed E-state index contributed by atoms with van der Waals surface area (Å²) in [6.45, 7) is 3.19. The normalized spacial score (nSPS) is 9.95. The molecule has 0 atom stereocenters. The van der Waals surface area contributed by atoms with Crippen molar-refractivity contribution in [2.24, 2.45) is 0 Å². The van der Waals surface area contributed by atoms with Crippen LogP contribution in [0.4, 0.5) is 11.4 Å². The third-order valence-electron chi connectivity index (χ3n) is 2.78. The van der Waals surface area contributed by atoms with E-state index in [2.05, 4.69) is 20.6 Å². The minimum atomic E-state index is -0.411. The zero-order chi connectivity index (χ0) is 16.1. The summed E-state index contributed by atoms with van der Waals surface area (Å²) in [5, 5.41) is 5.34. The number of aryl methyl sites for hydroxylation is 1. The second kappa shape index (κ2) is 6.66. The van der Waals surface area contributed by atoms with Gasteiger partial charge in [-0.2, -0.15) is 0 Å². The van der Waals surface area contributed by atoms with E-state index in [0.717, 1.165) is 5.69 Å². The number of amides is 2. The third kappa shape index (κ3) is 3.78. The molecule has 1 aromatic carbocycles. The largest absolute Gasteiger partial charge is 0.495 e. The van der Waals surface area contributed by atoms with Crippen LogP contribution in [-0.4, -0.2) is 28.9 Å². The summed E-state index contributed by atoms with van der Waals surface area (Å²) in [4.78, 5) is 31.3. The Morgan fingerprint density at radius 2 is 1.91 bits per heavy atom. The molecule has 1 aromatic heterocycles. The van der Waals surface area contributed by atoms with Gasteiger partial charge in [-0.3, -0.25) is 14.6 Å². The number of benzene rings is 1. The summed E-state index contributed by atoms with van der Waals surface area (Å²) in [5.74, 6) is -0.139. The van der Waals surface area contributed by atoms with E-state index in [1.165, 1.54) is 26.4 Å². The van der Waals surface area contributed by atoms with Crippen LogP contribution in [0.2, 0.25) is 0 Å². The topological polar surface area (TPSA) is 93.2 Å². The molecule has 0 saturated carbocycles. The van der Waals surface area contributed by atoms with Crippen LogP contribution < -0.4 is 15.4 Å². The van der Waals surface area contributed by atoms with E-state index < -0.39 is 5.91 Å². The molecule has 7 heteroatoms. The minimum absolute atomic E-state index is 0.192. The molecule has 7 nitrogen and oxygen atoms in total. The average molecular weight is 300 g/mol. The van der Waals surface area contributed by atoms with Gasteiger partial charge in [-0.15, -0.1) is 0 Å². The molecule has 0 aliphatic carbocycles. The SMILES string of the molecule is COc1ccc(NC(C)=O)cc1NC(=O)c1cnc(C)cn1. The monoisotopic (exact) mass is 300 g/mol. The zero-order valence-electron chi connectivity index (χ0n) is 12.5. The summed E-state index contributed by atoms with van der Waals surface area (Å²) in [7, 11) is 1.49. The molecule has 2 rings (SSSR count). The smallest absolute Gasteiger partial charge is 0.275 e. The van der Waals surface area contributed by atoms with E-state index in [1.54, 1.807) is 25.1 Å². The fourth-order valence-electron chi connectivity index (χ4n) is 1.78. The van der Waals surface area contributed by atoms with Crippen LogP contribution in [0.15, 0.2) is 30.6 Å². The van der Waals surface area contributed by atoms with Crippen LogP contribution in [-0.2, 0) is 4.79 Å². The van der Waals surface area contributed by atoms with Gasteiger partial charge in [0, 0.05) is 18.8 Å². The first-order chi connectivity index (χ1) is 10.5. The maximum atomic E-state index is 12.2. The highest BCUT2D eigenvalue weighted by Crippen LogP contribution is 2.28. The lowest BCUT2D eigenvalue weighted by Gasteiger charge is -2.12. The van der Waals surface area contributed by atoms with E-state index >= 15 is 0 Å². The molecule has 1 heterocycles.